The van der Waals surface area contributed by atoms with Crippen molar-refractivity contribution in [3.05, 3.63) is 47.2 Å². The van der Waals surface area contributed by atoms with Gasteiger partial charge in [-0.1, -0.05) is 12.1 Å². The van der Waals surface area contributed by atoms with Crippen LogP contribution in [-0.2, 0) is 17.9 Å². The fourth-order valence-electron chi connectivity index (χ4n) is 2.11. The van der Waals surface area contributed by atoms with Gasteiger partial charge in [0.15, 0.2) is 11.5 Å². The second-order valence-corrected chi connectivity index (χ2v) is 5.98. The van der Waals surface area contributed by atoms with Gasteiger partial charge in [-0.15, -0.1) is 0 Å². The minimum atomic E-state index is -0.770. The summed E-state index contributed by atoms with van der Waals surface area (Å²) in [6, 6.07) is 5.51. The highest BCUT2D eigenvalue weighted by Gasteiger charge is 2.19. The molecule has 0 spiro atoms. The summed E-state index contributed by atoms with van der Waals surface area (Å²) in [4.78, 5) is 33.1. The van der Waals surface area contributed by atoms with E-state index >= 15 is 0 Å². The number of carbonyl (C=O) groups excluding carboxylic acids is 2. The van der Waals surface area contributed by atoms with Gasteiger partial charge in [0, 0.05) is 6.54 Å². The average Bonchev–Trinajstić information content (AvgIpc) is 2.61. The van der Waals surface area contributed by atoms with Crippen LogP contribution >= 0.6 is 0 Å². The fraction of sp³-hybridized carbons (Fsp3) is 0.294. The predicted octanol–water partition coefficient (Wildman–Crippen LogP) is 0.135. The summed E-state index contributed by atoms with van der Waals surface area (Å²) in [6.45, 7) is 0.0893. The summed E-state index contributed by atoms with van der Waals surface area (Å²) in [5.41, 5.74) is 0.208. The third kappa shape index (κ3) is 5.89. The minimum absolute atomic E-state index is 0.0376. The van der Waals surface area contributed by atoms with Gasteiger partial charge in [0.2, 0.25) is 11.7 Å². The molecule has 0 aliphatic heterocycles. The van der Waals surface area contributed by atoms with Crippen LogP contribution in [0.15, 0.2) is 24.3 Å². The van der Waals surface area contributed by atoms with Crippen LogP contribution in [0.1, 0.15) is 21.9 Å². The van der Waals surface area contributed by atoms with Gasteiger partial charge >= 0.3 is 0 Å². The van der Waals surface area contributed by atoms with Crippen molar-refractivity contribution in [3.8, 4) is 11.6 Å². The van der Waals surface area contributed by atoms with Crippen molar-refractivity contribution < 1.29 is 24.2 Å². The lowest BCUT2D eigenvalue weighted by Gasteiger charge is -2.11. The maximum atomic E-state index is 12.9. The number of nitrogens with zero attached hydrogens (tertiary/aromatic N) is 3. The lowest BCUT2D eigenvalue weighted by Crippen LogP contribution is -2.33. The molecule has 0 saturated carbocycles. The summed E-state index contributed by atoms with van der Waals surface area (Å²) in [5, 5.41) is 24.6. The number of carbonyl (C=O) groups is 2. The summed E-state index contributed by atoms with van der Waals surface area (Å²) in [5.74, 6) is -3.02. The van der Waals surface area contributed by atoms with Crippen LogP contribution in [0.4, 0.5) is 4.39 Å². The molecule has 4 N–H and O–H groups in total. The van der Waals surface area contributed by atoms with Crippen LogP contribution in [0.2, 0.25) is 0 Å². The first-order valence-electron chi connectivity index (χ1n) is 7.99. The smallest absolute Gasteiger partial charge is 0.274 e. The Hall–Kier alpha value is -3.27. The summed E-state index contributed by atoms with van der Waals surface area (Å²) < 4.78 is 12.9. The molecule has 144 valence electrons. The Morgan fingerprint density at radius 2 is 1.74 bits per heavy atom. The van der Waals surface area contributed by atoms with Gasteiger partial charge in [-0.2, -0.15) is 4.98 Å². The third-order valence-corrected chi connectivity index (χ3v) is 3.40. The summed E-state index contributed by atoms with van der Waals surface area (Å²) in [7, 11) is 3.46. The second kappa shape index (κ2) is 8.90. The van der Waals surface area contributed by atoms with Crippen LogP contribution in [0.5, 0.6) is 11.6 Å². The van der Waals surface area contributed by atoms with E-state index in [2.05, 4.69) is 20.6 Å². The summed E-state index contributed by atoms with van der Waals surface area (Å²) >= 11 is 0. The van der Waals surface area contributed by atoms with Crippen LogP contribution in [0.3, 0.4) is 0 Å². The largest absolute Gasteiger partial charge is 0.501 e. The predicted molar refractivity (Wildman–Crippen MR) is 93.3 cm³/mol. The Kier molecular flexibility index (Phi) is 6.61. The first-order chi connectivity index (χ1) is 12.8. The number of nitrogens with one attached hydrogen (secondary N) is 2. The number of hydrogen-bond acceptors (Lipinski definition) is 7. The van der Waals surface area contributed by atoms with Crippen molar-refractivity contribution in [1.82, 2.24) is 25.5 Å². The number of halogens is 1. The van der Waals surface area contributed by atoms with E-state index in [0.29, 0.717) is 5.56 Å². The highest BCUT2D eigenvalue weighted by atomic mass is 19.1. The molecule has 0 aliphatic rings. The Morgan fingerprint density at radius 3 is 2.37 bits per heavy atom. The van der Waals surface area contributed by atoms with E-state index in [0.717, 1.165) is 0 Å². The van der Waals surface area contributed by atoms with Gasteiger partial charge in [-0.05, 0) is 31.8 Å². The molecule has 1 aromatic heterocycles. The van der Waals surface area contributed by atoms with Crippen molar-refractivity contribution >= 4 is 11.8 Å². The quantitative estimate of drug-likeness (QED) is 0.540. The number of hydrogen-bond donors (Lipinski definition) is 4. The van der Waals surface area contributed by atoms with Gasteiger partial charge in [-0.25, -0.2) is 9.37 Å². The molecule has 0 fully saturated rings. The molecule has 1 heterocycles. The Morgan fingerprint density at radius 1 is 1.07 bits per heavy atom. The molecule has 9 nitrogen and oxygen atoms in total. The van der Waals surface area contributed by atoms with Crippen LogP contribution in [0.25, 0.3) is 0 Å². The van der Waals surface area contributed by atoms with Crippen LogP contribution < -0.4 is 10.6 Å². The monoisotopic (exact) mass is 377 g/mol. The zero-order valence-corrected chi connectivity index (χ0v) is 14.9. The molecule has 2 rings (SSSR count). The number of amides is 2. The second-order valence-electron chi connectivity index (χ2n) is 5.98. The standard InChI is InChI=1S/C17H20FN5O4/c1-23(2)9-13(24)19-8-12-21-14(15(25)17(27)22-12)16(26)20-7-10-3-5-11(18)6-4-10/h3-6,25H,7-9H2,1-2H3,(H,19,24)(H,20,26)(H,21,22,27). The number of aromatic hydroxyl groups is 2. The molecule has 27 heavy (non-hydrogen) atoms. The molecule has 10 heteroatoms. The zero-order valence-electron chi connectivity index (χ0n) is 14.9. The van der Waals surface area contributed by atoms with Gasteiger partial charge < -0.3 is 25.7 Å². The van der Waals surface area contributed by atoms with E-state index < -0.39 is 29.0 Å². The van der Waals surface area contributed by atoms with E-state index in [4.69, 9.17) is 0 Å². The average molecular weight is 377 g/mol. The molecule has 0 unspecified atom stereocenters. The Bertz CT molecular complexity index is 827. The number of rotatable bonds is 7. The van der Waals surface area contributed by atoms with Crippen molar-refractivity contribution in [1.29, 1.82) is 0 Å². The number of aromatic nitrogens is 2. The molecule has 0 radical (unpaired) electrons. The Balaban J connectivity index is 2.06. The van der Waals surface area contributed by atoms with Crippen LogP contribution in [-0.4, -0.2) is 57.5 Å². The van der Waals surface area contributed by atoms with E-state index in [-0.39, 0.29) is 31.4 Å². The molecule has 0 bridgehead atoms. The molecular weight excluding hydrogens is 357 g/mol. The topological polar surface area (TPSA) is 128 Å². The lowest BCUT2D eigenvalue weighted by atomic mass is 10.2. The first kappa shape index (κ1) is 20.0. The van der Waals surface area contributed by atoms with Gasteiger partial charge in [-0.3, -0.25) is 9.59 Å². The van der Waals surface area contributed by atoms with Crippen molar-refractivity contribution in [2.45, 2.75) is 13.1 Å². The molecule has 0 saturated heterocycles. The summed E-state index contributed by atoms with van der Waals surface area (Å²) in [6.07, 6.45) is 0. The fourth-order valence-corrected chi connectivity index (χ4v) is 2.11. The number of benzene rings is 1. The van der Waals surface area contributed by atoms with Crippen molar-refractivity contribution in [2.24, 2.45) is 0 Å². The van der Waals surface area contributed by atoms with Gasteiger partial charge in [0.25, 0.3) is 11.8 Å². The molecule has 2 aromatic rings. The van der Waals surface area contributed by atoms with Gasteiger partial charge in [0.05, 0.1) is 13.1 Å². The van der Waals surface area contributed by atoms with Crippen LogP contribution in [0, 0.1) is 5.82 Å². The van der Waals surface area contributed by atoms with E-state index in [1.807, 2.05) is 0 Å². The molecule has 2 amide bonds. The molecular formula is C17H20FN5O4. The van der Waals surface area contributed by atoms with E-state index in [1.165, 1.54) is 24.3 Å². The molecule has 1 aromatic carbocycles. The highest BCUT2D eigenvalue weighted by Crippen LogP contribution is 2.25. The third-order valence-electron chi connectivity index (χ3n) is 3.40. The maximum Gasteiger partial charge on any atom is 0.274 e. The highest BCUT2D eigenvalue weighted by molar-refractivity contribution is 5.95. The van der Waals surface area contributed by atoms with Crippen molar-refractivity contribution in [2.75, 3.05) is 20.6 Å². The SMILES string of the molecule is CN(C)CC(=O)NCc1nc(O)c(O)c(C(=O)NCc2ccc(F)cc2)n1. The van der Waals surface area contributed by atoms with Crippen molar-refractivity contribution in [3.63, 3.8) is 0 Å². The van der Waals surface area contributed by atoms with E-state index in [1.54, 1.807) is 19.0 Å². The zero-order chi connectivity index (χ0) is 20.0. The van der Waals surface area contributed by atoms with E-state index in [9.17, 15) is 24.2 Å². The van der Waals surface area contributed by atoms with Gasteiger partial charge in [0.1, 0.15) is 5.82 Å². The molecule has 0 aliphatic carbocycles. The first-order valence-corrected chi connectivity index (χ1v) is 7.99. The Labute approximate surface area is 154 Å². The maximum absolute atomic E-state index is 12.9. The normalized spacial score (nSPS) is 10.7. The minimum Gasteiger partial charge on any atom is -0.501 e. The lowest BCUT2D eigenvalue weighted by molar-refractivity contribution is -0.121. The molecule has 0 atom stereocenters. The number of likely N-dealkylation sites (N-methyl/N-ethyl adjacent to an activating group) is 1.